The van der Waals surface area contributed by atoms with Crippen molar-refractivity contribution in [3.63, 3.8) is 0 Å². The van der Waals surface area contributed by atoms with Gasteiger partial charge in [-0.05, 0) is 24.6 Å². The molecule has 24 heavy (non-hydrogen) atoms. The fourth-order valence-electron chi connectivity index (χ4n) is 2.27. The highest BCUT2D eigenvalue weighted by Gasteiger charge is 2.18. The van der Waals surface area contributed by atoms with Gasteiger partial charge >= 0.3 is 0 Å². The normalized spacial score (nSPS) is 11.0. The first-order chi connectivity index (χ1) is 11.5. The van der Waals surface area contributed by atoms with Crippen molar-refractivity contribution in [3.8, 4) is 0 Å². The molecular weight excluding hydrogens is 333 g/mol. The molecule has 1 N–H and O–H groups in total. The van der Waals surface area contributed by atoms with Gasteiger partial charge in [0.05, 0.1) is 10.9 Å². The Labute approximate surface area is 140 Å². The third-order valence-corrected chi connectivity index (χ3v) is 4.28. The van der Waals surface area contributed by atoms with Crippen LogP contribution in [-0.2, 0) is 13.5 Å². The summed E-state index contributed by atoms with van der Waals surface area (Å²) in [6.07, 6.45) is 1.68. The van der Waals surface area contributed by atoms with E-state index in [1.807, 2.05) is 6.92 Å². The maximum atomic E-state index is 13.4. The number of hydrogen-bond acceptors (Lipinski definition) is 6. The van der Waals surface area contributed by atoms with E-state index < -0.39 is 17.2 Å². The van der Waals surface area contributed by atoms with Gasteiger partial charge in [0.1, 0.15) is 10.8 Å². The fourth-order valence-corrected chi connectivity index (χ4v) is 3.11. The Hall–Kier alpha value is -2.68. The molecule has 0 aliphatic carbocycles. The average molecular weight is 347 g/mol. The Bertz CT molecular complexity index is 982. The second kappa shape index (κ2) is 6.44. The van der Waals surface area contributed by atoms with Crippen molar-refractivity contribution in [1.29, 1.82) is 0 Å². The third kappa shape index (κ3) is 3.02. The maximum Gasteiger partial charge on any atom is 0.282 e. The summed E-state index contributed by atoms with van der Waals surface area (Å²) in [4.78, 5) is 24.8. The molecule has 0 saturated carbocycles. The van der Waals surface area contributed by atoms with Crippen molar-refractivity contribution in [1.82, 2.24) is 20.0 Å². The molecule has 3 rings (SSSR count). The summed E-state index contributed by atoms with van der Waals surface area (Å²) >= 11 is 1.25. The number of rotatable bonds is 4. The number of benzene rings is 1. The SMILES string of the molecule is CCCc1nnc(NC(=O)c2nn(C)c3ccc(F)cc3c2=O)s1. The summed E-state index contributed by atoms with van der Waals surface area (Å²) in [6, 6.07) is 3.78. The molecule has 3 aromatic rings. The number of fused-ring (bicyclic) bond motifs is 1. The second-order valence-corrected chi connectivity index (χ2v) is 6.23. The van der Waals surface area contributed by atoms with Crippen LogP contribution in [0.3, 0.4) is 0 Å². The first-order valence-electron chi connectivity index (χ1n) is 7.30. The molecule has 124 valence electrons. The first kappa shape index (κ1) is 16.2. The maximum absolute atomic E-state index is 13.4. The van der Waals surface area contributed by atoms with Gasteiger partial charge in [0.2, 0.25) is 10.6 Å². The number of anilines is 1. The number of aryl methyl sites for hydroxylation is 2. The summed E-state index contributed by atoms with van der Waals surface area (Å²) < 4.78 is 14.8. The van der Waals surface area contributed by atoms with Gasteiger partial charge in [-0.1, -0.05) is 18.3 Å². The van der Waals surface area contributed by atoms with E-state index in [4.69, 9.17) is 0 Å². The van der Waals surface area contributed by atoms with Gasteiger partial charge in [0, 0.05) is 13.5 Å². The largest absolute Gasteiger partial charge is 0.295 e. The number of aromatic nitrogens is 4. The van der Waals surface area contributed by atoms with Crippen molar-refractivity contribution in [2.75, 3.05) is 5.32 Å². The van der Waals surface area contributed by atoms with Crippen molar-refractivity contribution in [2.24, 2.45) is 7.05 Å². The van der Waals surface area contributed by atoms with Crippen LogP contribution >= 0.6 is 11.3 Å². The lowest BCUT2D eigenvalue weighted by Crippen LogP contribution is -2.26. The van der Waals surface area contributed by atoms with Crippen LogP contribution in [0.2, 0.25) is 0 Å². The molecule has 0 atom stereocenters. The smallest absolute Gasteiger partial charge is 0.282 e. The lowest BCUT2D eigenvalue weighted by molar-refractivity contribution is 0.101. The number of carbonyl (C=O) groups excluding carboxylic acids is 1. The monoisotopic (exact) mass is 347 g/mol. The van der Waals surface area contributed by atoms with Crippen molar-refractivity contribution < 1.29 is 9.18 Å². The van der Waals surface area contributed by atoms with E-state index in [-0.39, 0.29) is 11.1 Å². The molecule has 0 aliphatic heterocycles. The number of halogens is 1. The standard InChI is InChI=1S/C15H14FN5O2S/c1-3-4-11-18-19-15(24-11)17-14(23)12-13(22)9-7-8(16)5-6-10(9)21(2)20-12/h5-7H,3-4H2,1-2H3,(H,17,19,23). The molecule has 2 heterocycles. The van der Waals surface area contributed by atoms with E-state index in [0.29, 0.717) is 10.6 Å². The zero-order chi connectivity index (χ0) is 17.3. The van der Waals surface area contributed by atoms with E-state index in [0.717, 1.165) is 23.9 Å². The lowest BCUT2D eigenvalue weighted by atomic mass is 10.2. The predicted molar refractivity (Wildman–Crippen MR) is 88.8 cm³/mol. The minimum Gasteiger partial charge on any atom is -0.295 e. The van der Waals surface area contributed by atoms with Crippen LogP contribution in [-0.4, -0.2) is 25.9 Å². The van der Waals surface area contributed by atoms with Crippen LogP contribution in [0.25, 0.3) is 10.9 Å². The van der Waals surface area contributed by atoms with E-state index in [2.05, 4.69) is 20.6 Å². The van der Waals surface area contributed by atoms with E-state index in [9.17, 15) is 14.0 Å². The van der Waals surface area contributed by atoms with Crippen molar-refractivity contribution >= 4 is 33.3 Å². The summed E-state index contributed by atoms with van der Waals surface area (Å²) in [6.45, 7) is 2.02. The van der Waals surface area contributed by atoms with E-state index in [1.165, 1.54) is 28.2 Å². The highest BCUT2D eigenvalue weighted by Crippen LogP contribution is 2.17. The van der Waals surface area contributed by atoms with Crippen LogP contribution in [0.5, 0.6) is 0 Å². The Balaban J connectivity index is 1.97. The topological polar surface area (TPSA) is 89.8 Å². The molecule has 7 nitrogen and oxygen atoms in total. The van der Waals surface area contributed by atoms with Gasteiger partial charge in [-0.25, -0.2) is 4.39 Å². The van der Waals surface area contributed by atoms with Gasteiger partial charge in [-0.2, -0.15) is 5.10 Å². The summed E-state index contributed by atoms with van der Waals surface area (Å²) in [5.41, 5.74) is -0.500. The minimum absolute atomic E-state index is 0.0987. The highest BCUT2D eigenvalue weighted by molar-refractivity contribution is 7.15. The zero-order valence-corrected chi connectivity index (χ0v) is 13.9. The van der Waals surface area contributed by atoms with E-state index >= 15 is 0 Å². The number of carbonyl (C=O) groups is 1. The lowest BCUT2D eigenvalue weighted by Gasteiger charge is -2.07. The minimum atomic E-state index is -0.694. The summed E-state index contributed by atoms with van der Waals surface area (Å²) in [7, 11) is 1.58. The highest BCUT2D eigenvalue weighted by atomic mass is 32.1. The van der Waals surface area contributed by atoms with Crippen LogP contribution in [0.15, 0.2) is 23.0 Å². The molecule has 0 unspecified atom stereocenters. The Morgan fingerprint density at radius 3 is 2.92 bits per heavy atom. The van der Waals surface area contributed by atoms with Crippen LogP contribution in [0.4, 0.5) is 9.52 Å². The van der Waals surface area contributed by atoms with Gasteiger partial charge in [0.25, 0.3) is 5.91 Å². The Kier molecular flexibility index (Phi) is 4.34. The number of amides is 1. The first-order valence-corrected chi connectivity index (χ1v) is 8.11. The van der Waals surface area contributed by atoms with E-state index in [1.54, 1.807) is 7.05 Å². The molecular formula is C15H14FN5O2S. The molecule has 0 fully saturated rings. The number of nitrogens with one attached hydrogen (secondary N) is 1. The predicted octanol–water partition coefficient (Wildman–Crippen LogP) is 2.13. The summed E-state index contributed by atoms with van der Waals surface area (Å²) in [5.74, 6) is -1.24. The number of hydrogen-bond donors (Lipinski definition) is 1. The van der Waals surface area contributed by atoms with Gasteiger partial charge in [-0.15, -0.1) is 10.2 Å². The molecule has 0 saturated heterocycles. The Morgan fingerprint density at radius 2 is 2.17 bits per heavy atom. The third-order valence-electron chi connectivity index (χ3n) is 3.38. The zero-order valence-electron chi connectivity index (χ0n) is 13.0. The molecule has 2 aromatic heterocycles. The quantitative estimate of drug-likeness (QED) is 0.781. The molecule has 0 aliphatic rings. The number of nitrogens with zero attached hydrogens (tertiary/aromatic N) is 4. The second-order valence-electron chi connectivity index (χ2n) is 5.17. The van der Waals surface area contributed by atoms with Gasteiger partial charge in [0.15, 0.2) is 5.69 Å². The Morgan fingerprint density at radius 1 is 1.38 bits per heavy atom. The molecule has 1 aromatic carbocycles. The van der Waals surface area contributed by atoms with Gasteiger partial charge in [-0.3, -0.25) is 19.6 Å². The van der Waals surface area contributed by atoms with Gasteiger partial charge < -0.3 is 0 Å². The fraction of sp³-hybridized carbons (Fsp3) is 0.267. The molecule has 0 spiro atoms. The molecule has 0 radical (unpaired) electrons. The molecule has 0 bridgehead atoms. The van der Waals surface area contributed by atoms with Crippen LogP contribution in [0, 0.1) is 5.82 Å². The van der Waals surface area contributed by atoms with Crippen LogP contribution < -0.4 is 10.7 Å². The summed E-state index contributed by atoms with van der Waals surface area (Å²) in [5, 5.41) is 15.5. The molecule has 1 amide bonds. The van der Waals surface area contributed by atoms with Crippen LogP contribution in [0.1, 0.15) is 28.8 Å². The van der Waals surface area contributed by atoms with Crippen molar-refractivity contribution in [2.45, 2.75) is 19.8 Å². The van der Waals surface area contributed by atoms with Crippen molar-refractivity contribution in [3.05, 3.63) is 44.9 Å². The molecule has 9 heteroatoms. The average Bonchev–Trinajstić information content (AvgIpc) is 2.98.